The first kappa shape index (κ1) is 34.1. The van der Waals surface area contributed by atoms with Crippen molar-refractivity contribution in [2.24, 2.45) is 11.8 Å². The van der Waals surface area contributed by atoms with Gasteiger partial charge in [0, 0.05) is 32.2 Å². The Morgan fingerprint density at radius 1 is 1.15 bits per heavy atom. The summed E-state index contributed by atoms with van der Waals surface area (Å²) in [4.78, 5) is 12.8. The van der Waals surface area contributed by atoms with Gasteiger partial charge in [0.2, 0.25) is 0 Å². The molecule has 3 rings (SSSR count). The zero-order valence-corrected chi connectivity index (χ0v) is 24.4. The SMILES string of the molecule is C#C.COc1ccc(S(=O)N(CCCNC(=O)O[C@H]2COC[C@H]2CCO)CC(C)C)cc1.Cc1ccccc1. The molecule has 1 unspecified atom stereocenters. The monoisotopic (exact) mass is 560 g/mol. The molecule has 0 spiro atoms. The molecule has 1 fully saturated rings. The lowest BCUT2D eigenvalue weighted by Crippen LogP contribution is -2.36. The lowest BCUT2D eigenvalue weighted by molar-refractivity contribution is 0.0672. The summed E-state index contributed by atoms with van der Waals surface area (Å²) in [6.07, 6.45) is 8.39. The van der Waals surface area contributed by atoms with E-state index in [4.69, 9.17) is 19.3 Å². The van der Waals surface area contributed by atoms with E-state index >= 15 is 0 Å². The van der Waals surface area contributed by atoms with Gasteiger partial charge in [-0.05, 0) is 49.9 Å². The van der Waals surface area contributed by atoms with Crippen LogP contribution in [0, 0.1) is 31.6 Å². The molecule has 0 aliphatic carbocycles. The van der Waals surface area contributed by atoms with Crippen molar-refractivity contribution in [2.45, 2.75) is 44.6 Å². The molecule has 1 aliphatic heterocycles. The number of ether oxygens (including phenoxy) is 3. The second-order valence-corrected chi connectivity index (χ2v) is 10.9. The van der Waals surface area contributed by atoms with E-state index in [0.29, 0.717) is 51.6 Å². The van der Waals surface area contributed by atoms with Gasteiger partial charge in [-0.1, -0.05) is 49.7 Å². The smallest absolute Gasteiger partial charge is 0.407 e. The lowest BCUT2D eigenvalue weighted by Gasteiger charge is -2.23. The highest BCUT2D eigenvalue weighted by atomic mass is 32.2. The fourth-order valence-corrected chi connectivity index (χ4v) is 5.19. The van der Waals surface area contributed by atoms with E-state index in [0.717, 1.165) is 10.6 Å². The number of hydrogen-bond acceptors (Lipinski definition) is 6. The highest BCUT2D eigenvalue weighted by molar-refractivity contribution is 7.82. The van der Waals surface area contributed by atoms with Gasteiger partial charge in [-0.3, -0.25) is 0 Å². The van der Waals surface area contributed by atoms with Gasteiger partial charge in [0.05, 0.1) is 25.2 Å². The van der Waals surface area contributed by atoms with Crippen LogP contribution in [0.25, 0.3) is 0 Å². The third-order valence-electron chi connectivity index (χ3n) is 5.76. The molecule has 0 aromatic heterocycles. The summed E-state index contributed by atoms with van der Waals surface area (Å²) < 4.78 is 30.8. The maximum absolute atomic E-state index is 13.0. The number of methoxy groups -OCH3 is 1. The zero-order valence-electron chi connectivity index (χ0n) is 23.6. The lowest BCUT2D eigenvalue weighted by atomic mass is 10.0. The number of nitrogens with zero attached hydrogens (tertiary/aromatic N) is 1. The largest absolute Gasteiger partial charge is 0.497 e. The average Bonchev–Trinajstić information content (AvgIpc) is 3.38. The second-order valence-electron chi connectivity index (χ2n) is 9.40. The molecule has 2 N–H and O–H groups in total. The van der Waals surface area contributed by atoms with Crippen LogP contribution in [-0.4, -0.2) is 72.4 Å². The Morgan fingerprint density at radius 3 is 2.36 bits per heavy atom. The minimum absolute atomic E-state index is 0.0363. The number of aryl methyl sites for hydroxylation is 1. The van der Waals surface area contributed by atoms with Crippen LogP contribution < -0.4 is 10.1 Å². The van der Waals surface area contributed by atoms with Gasteiger partial charge in [0.25, 0.3) is 0 Å². The number of benzene rings is 2. The van der Waals surface area contributed by atoms with Gasteiger partial charge in [-0.2, -0.15) is 0 Å². The van der Waals surface area contributed by atoms with E-state index in [2.05, 4.69) is 51.1 Å². The van der Waals surface area contributed by atoms with Crippen molar-refractivity contribution in [3.05, 3.63) is 60.2 Å². The molecule has 0 bridgehead atoms. The molecule has 9 heteroatoms. The topological polar surface area (TPSA) is 97.3 Å². The number of terminal acetylenes is 1. The number of aliphatic hydroxyl groups excluding tert-OH is 1. The fraction of sp³-hybridized carbons (Fsp3) is 0.500. The molecule has 1 saturated heterocycles. The molecular weight excluding hydrogens is 516 g/mol. The molecule has 8 nitrogen and oxygen atoms in total. The number of hydrogen-bond donors (Lipinski definition) is 2. The van der Waals surface area contributed by atoms with Crippen molar-refractivity contribution in [2.75, 3.05) is 46.6 Å². The van der Waals surface area contributed by atoms with Gasteiger partial charge in [-0.15, -0.1) is 12.8 Å². The molecule has 0 radical (unpaired) electrons. The highest BCUT2D eigenvalue weighted by Crippen LogP contribution is 2.20. The average molecular weight is 561 g/mol. The van der Waals surface area contributed by atoms with Crippen LogP contribution in [0.3, 0.4) is 0 Å². The summed E-state index contributed by atoms with van der Waals surface area (Å²) in [6.45, 7) is 8.85. The number of rotatable bonds is 12. The summed E-state index contributed by atoms with van der Waals surface area (Å²) in [6, 6.07) is 17.5. The molecule has 0 saturated carbocycles. The minimum atomic E-state index is -1.28. The number of carbonyl (C=O) groups is 1. The van der Waals surface area contributed by atoms with Gasteiger partial charge in [-0.25, -0.2) is 13.3 Å². The number of nitrogens with one attached hydrogen (secondary N) is 1. The van der Waals surface area contributed by atoms with Crippen molar-refractivity contribution in [3.63, 3.8) is 0 Å². The third-order valence-corrected chi connectivity index (χ3v) is 7.23. The minimum Gasteiger partial charge on any atom is -0.497 e. The first-order valence-corrected chi connectivity index (χ1v) is 14.2. The summed E-state index contributed by atoms with van der Waals surface area (Å²) in [5.74, 6) is 1.12. The van der Waals surface area contributed by atoms with Crippen LogP contribution in [0.15, 0.2) is 59.5 Å². The molecule has 2 aromatic carbocycles. The van der Waals surface area contributed by atoms with Crippen molar-refractivity contribution in [1.82, 2.24) is 9.62 Å². The van der Waals surface area contributed by atoms with Crippen LogP contribution in [0.2, 0.25) is 0 Å². The first-order chi connectivity index (χ1) is 18.8. The standard InChI is InChI=1S/C21H34N2O6S.C7H8.C2H2/c1-16(2)13-23(30(26)19-7-5-18(27-3)6-8-19)11-4-10-22-21(25)29-20-15-28-14-17(20)9-12-24;1-7-5-3-2-4-6-7;1-2/h5-8,16-17,20,24H,4,9-15H2,1-3H3,(H,22,25);2-6H,1H3;1-2H/t17-,20+,30?;;/m1../s1. The Balaban J connectivity index is 0.000000720. The predicted molar refractivity (Wildman–Crippen MR) is 156 cm³/mol. The van der Waals surface area contributed by atoms with Crippen LogP contribution in [0.5, 0.6) is 5.75 Å². The molecule has 39 heavy (non-hydrogen) atoms. The zero-order chi connectivity index (χ0) is 29.0. The summed E-state index contributed by atoms with van der Waals surface area (Å²) >= 11 is 0. The molecule has 2 aromatic rings. The van der Waals surface area contributed by atoms with E-state index in [1.807, 2.05) is 34.6 Å². The number of alkyl carbamates (subject to hydrolysis) is 1. The number of amides is 1. The van der Waals surface area contributed by atoms with E-state index in [-0.39, 0.29) is 18.6 Å². The van der Waals surface area contributed by atoms with Crippen molar-refractivity contribution in [1.29, 1.82) is 0 Å². The first-order valence-electron chi connectivity index (χ1n) is 13.1. The predicted octanol–water partition coefficient (Wildman–Crippen LogP) is 4.43. The van der Waals surface area contributed by atoms with Gasteiger partial charge in [0.1, 0.15) is 22.8 Å². The maximum atomic E-state index is 13.0. The summed E-state index contributed by atoms with van der Waals surface area (Å²) in [7, 11) is 0.315. The van der Waals surface area contributed by atoms with Crippen LogP contribution in [0.4, 0.5) is 4.79 Å². The van der Waals surface area contributed by atoms with Gasteiger partial charge in [0.15, 0.2) is 0 Å². The Hall–Kier alpha value is -2.90. The molecular formula is C30H44N2O6S. The molecule has 1 amide bonds. The Labute approximate surface area is 236 Å². The quantitative estimate of drug-likeness (QED) is 0.294. The Bertz CT molecular complexity index is 968. The van der Waals surface area contributed by atoms with Crippen molar-refractivity contribution >= 4 is 17.1 Å². The molecule has 1 aliphatic rings. The van der Waals surface area contributed by atoms with E-state index in [1.165, 1.54) is 5.56 Å². The second kappa shape index (κ2) is 20.1. The number of carbonyl (C=O) groups excluding carboxylic acids is 1. The summed E-state index contributed by atoms with van der Waals surface area (Å²) in [5, 5.41) is 11.8. The third kappa shape index (κ3) is 13.6. The Morgan fingerprint density at radius 2 is 1.82 bits per heavy atom. The van der Waals surface area contributed by atoms with Gasteiger partial charge >= 0.3 is 6.09 Å². The number of aliphatic hydroxyl groups is 1. The molecule has 216 valence electrons. The van der Waals surface area contributed by atoms with Crippen LogP contribution >= 0.6 is 0 Å². The van der Waals surface area contributed by atoms with Crippen LogP contribution in [0.1, 0.15) is 32.3 Å². The Kier molecular flexibility index (Phi) is 17.6. The molecule has 3 atom stereocenters. The molecule has 1 heterocycles. The highest BCUT2D eigenvalue weighted by Gasteiger charge is 2.31. The van der Waals surface area contributed by atoms with Crippen LogP contribution in [-0.2, 0) is 20.5 Å². The summed E-state index contributed by atoms with van der Waals surface area (Å²) in [5.41, 5.74) is 1.32. The fourth-order valence-electron chi connectivity index (χ4n) is 3.79. The van der Waals surface area contributed by atoms with Crippen molar-refractivity contribution < 1.29 is 28.3 Å². The maximum Gasteiger partial charge on any atom is 0.407 e. The normalized spacial score (nSPS) is 16.8. The van der Waals surface area contributed by atoms with E-state index in [9.17, 15) is 9.00 Å². The van der Waals surface area contributed by atoms with E-state index in [1.54, 1.807) is 19.2 Å². The van der Waals surface area contributed by atoms with E-state index < -0.39 is 17.1 Å². The van der Waals surface area contributed by atoms with Gasteiger partial charge < -0.3 is 24.6 Å². The van der Waals surface area contributed by atoms with Crippen molar-refractivity contribution in [3.8, 4) is 18.6 Å².